The van der Waals surface area contributed by atoms with E-state index in [0.717, 1.165) is 17.1 Å². The van der Waals surface area contributed by atoms with Crippen molar-refractivity contribution >= 4 is 17.3 Å². The number of esters is 1. The highest BCUT2D eigenvalue weighted by atomic mass is 32.1. The molecule has 0 aliphatic carbocycles. The fourth-order valence-electron chi connectivity index (χ4n) is 1.17. The first-order valence-corrected chi connectivity index (χ1v) is 6.18. The summed E-state index contributed by atoms with van der Waals surface area (Å²) in [5.74, 6) is -0.208. The molecule has 0 amide bonds. The molecule has 5 heteroatoms. The van der Waals surface area contributed by atoms with Gasteiger partial charge in [-0.2, -0.15) is 0 Å². The molecule has 1 unspecified atom stereocenters. The maximum Gasteiger partial charge on any atom is 0.305 e. The number of hydrogen-bond donors (Lipinski definition) is 1. The van der Waals surface area contributed by atoms with Crippen molar-refractivity contribution < 1.29 is 9.53 Å². The van der Waals surface area contributed by atoms with Gasteiger partial charge in [0.15, 0.2) is 0 Å². The molecule has 0 bridgehead atoms. The van der Waals surface area contributed by atoms with Crippen molar-refractivity contribution in [2.45, 2.75) is 38.6 Å². The molecule has 0 saturated carbocycles. The summed E-state index contributed by atoms with van der Waals surface area (Å²) in [6, 6.07) is 0. The SMILES string of the molecule is CCC(C)(N)c1nc(CCC(=O)OC)cs1. The third-order valence-corrected chi connectivity index (χ3v) is 3.76. The molecular weight excluding hydrogens is 224 g/mol. The van der Waals surface area contributed by atoms with Crippen LogP contribution in [0.15, 0.2) is 5.38 Å². The molecule has 1 aromatic heterocycles. The number of rotatable bonds is 5. The normalized spacial score (nSPS) is 14.5. The Kier molecular flexibility index (Phi) is 4.44. The van der Waals surface area contributed by atoms with Crippen LogP contribution < -0.4 is 5.73 Å². The van der Waals surface area contributed by atoms with Crippen LogP contribution in [0.25, 0.3) is 0 Å². The van der Waals surface area contributed by atoms with E-state index in [-0.39, 0.29) is 11.5 Å². The summed E-state index contributed by atoms with van der Waals surface area (Å²) in [5.41, 5.74) is 6.63. The number of thiazole rings is 1. The first-order valence-electron chi connectivity index (χ1n) is 5.30. The van der Waals surface area contributed by atoms with Crippen LogP contribution in [0, 0.1) is 0 Å². The summed E-state index contributed by atoms with van der Waals surface area (Å²) in [4.78, 5) is 15.4. The second-order valence-electron chi connectivity index (χ2n) is 3.99. The Morgan fingerprint density at radius 3 is 2.94 bits per heavy atom. The third-order valence-electron chi connectivity index (χ3n) is 2.59. The molecule has 0 aliphatic heterocycles. The second-order valence-corrected chi connectivity index (χ2v) is 4.85. The lowest BCUT2D eigenvalue weighted by molar-refractivity contribution is -0.140. The number of nitrogens with zero attached hydrogens (tertiary/aromatic N) is 1. The molecule has 1 heterocycles. The van der Waals surface area contributed by atoms with Crippen LogP contribution in [0.1, 0.15) is 37.4 Å². The fraction of sp³-hybridized carbons (Fsp3) is 0.636. The van der Waals surface area contributed by atoms with E-state index in [9.17, 15) is 4.79 Å². The molecule has 4 nitrogen and oxygen atoms in total. The van der Waals surface area contributed by atoms with Crippen molar-refractivity contribution in [1.82, 2.24) is 4.98 Å². The highest BCUT2D eigenvalue weighted by Gasteiger charge is 2.22. The quantitative estimate of drug-likeness (QED) is 0.800. The average Bonchev–Trinajstić information content (AvgIpc) is 2.75. The predicted molar refractivity (Wildman–Crippen MR) is 64.3 cm³/mol. The number of carbonyl (C=O) groups is 1. The fourth-order valence-corrected chi connectivity index (χ4v) is 2.17. The average molecular weight is 242 g/mol. The molecular formula is C11H18N2O2S. The van der Waals surface area contributed by atoms with Crippen molar-refractivity contribution in [2.24, 2.45) is 5.73 Å². The van der Waals surface area contributed by atoms with Crippen LogP contribution in [-0.4, -0.2) is 18.1 Å². The van der Waals surface area contributed by atoms with E-state index in [1.165, 1.54) is 7.11 Å². The van der Waals surface area contributed by atoms with E-state index >= 15 is 0 Å². The summed E-state index contributed by atoms with van der Waals surface area (Å²) in [6.45, 7) is 4.01. The summed E-state index contributed by atoms with van der Waals surface area (Å²) in [5, 5.41) is 2.88. The van der Waals surface area contributed by atoms with Gasteiger partial charge in [0.05, 0.1) is 24.8 Å². The molecule has 16 heavy (non-hydrogen) atoms. The highest BCUT2D eigenvalue weighted by Crippen LogP contribution is 2.25. The first-order chi connectivity index (χ1) is 7.49. The van der Waals surface area contributed by atoms with Crippen LogP contribution in [0.3, 0.4) is 0 Å². The van der Waals surface area contributed by atoms with Gasteiger partial charge in [-0.1, -0.05) is 6.92 Å². The number of aryl methyl sites for hydroxylation is 1. The Balaban J connectivity index is 2.62. The van der Waals surface area contributed by atoms with E-state index < -0.39 is 0 Å². The van der Waals surface area contributed by atoms with E-state index in [4.69, 9.17) is 5.73 Å². The van der Waals surface area contributed by atoms with Crippen molar-refractivity contribution in [1.29, 1.82) is 0 Å². The molecule has 1 atom stereocenters. The van der Waals surface area contributed by atoms with Gasteiger partial charge >= 0.3 is 5.97 Å². The smallest absolute Gasteiger partial charge is 0.305 e. The summed E-state index contributed by atoms with van der Waals surface area (Å²) >= 11 is 1.55. The van der Waals surface area contributed by atoms with Crippen LogP contribution in [0.4, 0.5) is 0 Å². The van der Waals surface area contributed by atoms with E-state index in [2.05, 4.69) is 9.72 Å². The van der Waals surface area contributed by atoms with Gasteiger partial charge in [0.25, 0.3) is 0 Å². The van der Waals surface area contributed by atoms with Crippen LogP contribution in [0.2, 0.25) is 0 Å². The molecule has 1 rings (SSSR count). The predicted octanol–water partition coefficient (Wildman–Crippen LogP) is 1.83. The number of methoxy groups -OCH3 is 1. The lowest BCUT2D eigenvalue weighted by atomic mass is 10.0. The summed E-state index contributed by atoms with van der Waals surface area (Å²) in [7, 11) is 1.39. The Hall–Kier alpha value is -0.940. The maximum atomic E-state index is 11.0. The number of nitrogens with two attached hydrogens (primary N) is 1. The maximum absolute atomic E-state index is 11.0. The summed E-state index contributed by atoms with van der Waals surface area (Å²) < 4.78 is 4.58. The zero-order valence-corrected chi connectivity index (χ0v) is 10.8. The number of hydrogen-bond acceptors (Lipinski definition) is 5. The minimum absolute atomic E-state index is 0.208. The molecule has 0 aliphatic rings. The number of ether oxygens (including phenoxy) is 1. The first kappa shape index (κ1) is 13.1. The van der Waals surface area contributed by atoms with Gasteiger partial charge in [0.1, 0.15) is 5.01 Å². The minimum Gasteiger partial charge on any atom is -0.469 e. The van der Waals surface area contributed by atoms with Crippen molar-refractivity contribution in [3.8, 4) is 0 Å². The van der Waals surface area contributed by atoms with Crippen molar-refractivity contribution in [3.63, 3.8) is 0 Å². The summed E-state index contributed by atoms with van der Waals surface area (Å²) in [6.07, 6.45) is 1.83. The molecule has 0 saturated heterocycles. The highest BCUT2D eigenvalue weighted by molar-refractivity contribution is 7.09. The van der Waals surface area contributed by atoms with Crippen molar-refractivity contribution in [2.75, 3.05) is 7.11 Å². The molecule has 0 aromatic carbocycles. The molecule has 0 fully saturated rings. The van der Waals surface area contributed by atoms with Gasteiger partial charge in [-0.3, -0.25) is 4.79 Å². The lowest BCUT2D eigenvalue weighted by Gasteiger charge is -2.18. The lowest BCUT2D eigenvalue weighted by Crippen LogP contribution is -2.31. The Morgan fingerprint density at radius 2 is 2.38 bits per heavy atom. The van der Waals surface area contributed by atoms with Gasteiger partial charge in [0.2, 0.25) is 0 Å². The van der Waals surface area contributed by atoms with E-state index in [0.29, 0.717) is 12.8 Å². The number of aromatic nitrogens is 1. The molecule has 0 radical (unpaired) electrons. The van der Waals surface area contributed by atoms with Gasteiger partial charge in [-0.25, -0.2) is 4.98 Å². The largest absolute Gasteiger partial charge is 0.469 e. The van der Waals surface area contributed by atoms with Gasteiger partial charge < -0.3 is 10.5 Å². The monoisotopic (exact) mass is 242 g/mol. The van der Waals surface area contributed by atoms with Crippen LogP contribution in [-0.2, 0) is 21.5 Å². The Labute approximate surface area is 99.8 Å². The Bertz CT molecular complexity index is 361. The van der Waals surface area contributed by atoms with Gasteiger partial charge in [-0.15, -0.1) is 11.3 Å². The Morgan fingerprint density at radius 1 is 1.69 bits per heavy atom. The van der Waals surface area contributed by atoms with Crippen molar-refractivity contribution in [3.05, 3.63) is 16.1 Å². The van der Waals surface area contributed by atoms with Gasteiger partial charge in [-0.05, 0) is 13.3 Å². The zero-order valence-electron chi connectivity index (χ0n) is 9.95. The molecule has 1 aromatic rings. The molecule has 0 spiro atoms. The minimum atomic E-state index is -0.367. The third kappa shape index (κ3) is 3.28. The number of carbonyl (C=O) groups excluding carboxylic acids is 1. The molecule has 90 valence electrons. The standard InChI is InChI=1S/C11H18N2O2S/c1-4-11(2,12)10-13-8(7-16-10)5-6-9(14)15-3/h7H,4-6,12H2,1-3H3. The topological polar surface area (TPSA) is 65.2 Å². The zero-order chi connectivity index (χ0) is 12.2. The molecule has 2 N–H and O–H groups in total. The van der Waals surface area contributed by atoms with Crippen LogP contribution >= 0.6 is 11.3 Å². The van der Waals surface area contributed by atoms with E-state index in [1.807, 2.05) is 19.2 Å². The van der Waals surface area contributed by atoms with Crippen LogP contribution in [0.5, 0.6) is 0 Å². The van der Waals surface area contributed by atoms with E-state index in [1.54, 1.807) is 11.3 Å². The second kappa shape index (κ2) is 5.41. The van der Waals surface area contributed by atoms with Gasteiger partial charge in [0, 0.05) is 11.8 Å².